The normalized spacial score (nSPS) is 15.6. The second-order valence-electron chi connectivity index (χ2n) is 14.6. The van der Waals surface area contributed by atoms with Crippen LogP contribution in [0.4, 0.5) is 0 Å². The van der Waals surface area contributed by atoms with Crippen LogP contribution in [0, 0.1) is 0 Å². The minimum atomic E-state index is -0.618. The van der Waals surface area contributed by atoms with E-state index in [-0.39, 0.29) is 55.9 Å². The molecule has 92 heteroatoms. The summed E-state index contributed by atoms with van der Waals surface area (Å²) in [6.45, 7) is -19.7. The summed E-state index contributed by atoms with van der Waals surface area (Å²) in [6, 6.07) is 0. The van der Waals surface area contributed by atoms with Gasteiger partial charge in [-0.2, -0.15) is 0 Å². The summed E-state index contributed by atoms with van der Waals surface area (Å²) in [5.74, 6) is 0. The average molecular weight is 2940 g/mol. The van der Waals surface area contributed by atoms with Crippen LogP contribution in [0.1, 0.15) is 0 Å². The number of hydrogen-bond donors (Lipinski definition) is 0. The highest BCUT2D eigenvalue weighted by molar-refractivity contribution is 9.59. The zero-order chi connectivity index (χ0) is 73.0. The lowest BCUT2D eigenvalue weighted by molar-refractivity contribution is 4.30. The molecule has 0 heterocycles. The molecule has 0 aliphatic carbocycles. The molecule has 0 bridgehead atoms. The van der Waals surface area contributed by atoms with E-state index in [4.69, 9.17) is 17.9 Å². The molecule has 48 unspecified atom stereocenters. The number of hydrogen-bond acceptors (Lipinski definition) is 0. The first-order valence-electron chi connectivity index (χ1n) is 20.9. The SMILES string of the molecule is [PH]P([PH])P(P)P(P(P(P)P)P(P)P)P(P(P(P(P)P)P(P)P)P(P(P)P)P(P)P)P(P(P(P(P(P)P)P(P)P)P(P(P)P)P(P)P)P(P(P(P)P)P(P)P)P(P(P)P)P(P)P)P(P(P(P(P)P)P(P)P)P(P(P)P)P(P)P)P(P(P(P)P)P(P)P)P(P(P)P)P(P)P. The van der Waals surface area contributed by atoms with Crippen LogP contribution in [0.5, 0.6) is 0 Å². The minimum Gasteiger partial charge on any atom is -0.102 e. The van der Waals surface area contributed by atoms with Gasteiger partial charge in [-0.25, -0.2) is 0 Å². The van der Waals surface area contributed by atoms with Crippen LogP contribution in [0.3, 0.4) is 0 Å². The molecule has 552 valence electrons. The Morgan fingerprint density at radius 3 is 0.239 bits per heavy atom. The first-order chi connectivity index (χ1) is 41.8. The molecule has 0 aromatic heterocycles. The minimum absolute atomic E-state index is 0.390. The molecular weight excluding hydrogens is 2850 g/mol. The van der Waals surface area contributed by atoms with Gasteiger partial charge in [-0.1, -0.05) is 17.9 Å². The zero-order valence-corrected chi connectivity index (χ0v) is 141. The van der Waals surface area contributed by atoms with Crippen molar-refractivity contribution in [2.45, 2.75) is 0 Å². The molecule has 0 aromatic carbocycles. The zero-order valence-electron chi connectivity index (χ0n) is 47.1. The summed E-state index contributed by atoms with van der Waals surface area (Å²) in [7, 11) is 179. The van der Waals surface area contributed by atoms with Crippen molar-refractivity contribution in [3.05, 3.63) is 0 Å². The predicted octanol–water partition coefficient (Wildman–Crippen LogP) is 54.6. The topological polar surface area (TPSA) is 0 Å². The van der Waals surface area contributed by atoms with Gasteiger partial charge >= 0.3 is 0 Å². The van der Waals surface area contributed by atoms with Crippen LogP contribution in [0.25, 0.3) is 0 Å². The van der Waals surface area contributed by atoms with Crippen molar-refractivity contribution in [1.29, 1.82) is 0 Å². The average Bonchev–Trinajstić information content (AvgIpc) is 3.33. The van der Waals surface area contributed by atoms with E-state index in [9.17, 15) is 0 Å². The van der Waals surface area contributed by atoms with Crippen molar-refractivity contribution in [3.63, 3.8) is 0 Å². The lowest BCUT2D eigenvalue weighted by Gasteiger charge is -2.63. The quantitative estimate of drug-likeness (QED) is 0.0534. The highest BCUT2D eigenvalue weighted by Gasteiger charge is 2.66. The fourth-order valence-corrected chi connectivity index (χ4v) is 1360. The van der Waals surface area contributed by atoms with E-state index >= 15 is 0 Å². The highest BCUT2D eigenvalue weighted by atomic mass is 33.6. The van der Waals surface area contributed by atoms with Crippen molar-refractivity contribution >= 4 is 734 Å². The third-order valence-corrected chi connectivity index (χ3v) is 659. The van der Waals surface area contributed by atoms with E-state index < -0.39 is 259 Å². The molecule has 48 atom stereocenters. The number of rotatable bonds is 44. The fourth-order valence-electron chi connectivity index (χ4n) is 5.59. The Hall–Kier alpha value is 39.6. The Kier molecular flexibility index (Phi) is 103. The van der Waals surface area contributed by atoms with Gasteiger partial charge in [0.05, 0.1) is 0 Å². The Balaban J connectivity index is 14.0. The Morgan fingerprint density at radius 1 is 0.0978 bits per heavy atom. The predicted molar refractivity (Wildman–Crippen MR) is 765 cm³/mol. The molecule has 0 aliphatic rings. The van der Waals surface area contributed by atoms with Crippen LogP contribution >= 0.6 is 734 Å². The van der Waals surface area contributed by atoms with Gasteiger partial charge in [0.2, 0.25) is 0 Å². The lowest BCUT2D eigenvalue weighted by Crippen LogP contribution is -1.76. The molecule has 0 spiro atoms. The molecule has 92 heavy (non-hydrogen) atoms. The fraction of sp³-hybridized carbons (Fsp3) is 0. The summed E-state index contributed by atoms with van der Waals surface area (Å²) in [4.78, 5) is 0. The summed E-state index contributed by atoms with van der Waals surface area (Å²) in [5, 5.41) is 0. The molecule has 0 aliphatic heterocycles. The van der Waals surface area contributed by atoms with Gasteiger partial charge in [-0.3, -0.25) is 0 Å². The molecule has 0 aromatic rings. The van der Waals surface area contributed by atoms with Crippen molar-refractivity contribution < 1.29 is 0 Å². The monoisotopic (exact) mass is 2940 g/mol. The molecule has 0 saturated heterocycles. The van der Waals surface area contributed by atoms with Gasteiger partial charge in [0.25, 0.3) is 0 Å². The van der Waals surface area contributed by atoms with Crippen LogP contribution < -0.4 is 0 Å². The third-order valence-electron chi connectivity index (χ3n) is 8.13. The largest absolute Gasteiger partial charge is 0.102 e. The maximum absolute atomic E-state index is 4.84. The maximum atomic E-state index is 4.84. The summed E-state index contributed by atoms with van der Waals surface area (Å²) < 4.78 is 0. The standard InChI is InChI=1S/H92P92/c1-48(2)71(47)83(72(49(3)4)50(5)6)89(84(73(51(7)8)52(9)10)74(53(11)12)54(13)14)92(90(85(75(55(15)16)56(17)18)76(57(19)20)58(21)22)86(77(59(23)24)60(25)26)78(61(27)28)62(29)30)91(87(79(63(31)32)64(33)34)80(65(35)36)66(37)38)88(81(67(39)40)68(41)42)82(69(43)44)70(45)46/h1-2H,3-47H2. The molecule has 0 nitrogen and oxygen atoms in total. The Morgan fingerprint density at radius 2 is 0.163 bits per heavy atom. The van der Waals surface area contributed by atoms with Crippen LogP contribution in [0.15, 0.2) is 0 Å². The van der Waals surface area contributed by atoms with Gasteiger partial charge in [-0.15, -0.1) is 402 Å². The third kappa shape index (κ3) is 46.1. The van der Waals surface area contributed by atoms with Crippen LogP contribution in [-0.2, 0) is 0 Å². The summed E-state index contributed by atoms with van der Waals surface area (Å²) in [5.41, 5.74) is 0. The maximum Gasteiger partial charge on any atom is -0.000000891 e. The van der Waals surface area contributed by atoms with Gasteiger partial charge in [0.1, 0.15) is 0 Å². The van der Waals surface area contributed by atoms with Crippen molar-refractivity contribution in [2.75, 3.05) is 0 Å². The van der Waals surface area contributed by atoms with Crippen molar-refractivity contribution in [1.82, 2.24) is 0 Å². The van der Waals surface area contributed by atoms with Gasteiger partial charge in [0, 0.05) is 0 Å². The van der Waals surface area contributed by atoms with E-state index in [0.717, 1.165) is 0 Å². The summed E-state index contributed by atoms with van der Waals surface area (Å²) in [6.07, 6.45) is 0. The van der Waals surface area contributed by atoms with Crippen LogP contribution in [0.2, 0.25) is 0 Å². The molecule has 0 fully saturated rings. The van der Waals surface area contributed by atoms with E-state index in [1.807, 2.05) is 0 Å². The van der Waals surface area contributed by atoms with Crippen molar-refractivity contribution in [2.24, 2.45) is 0 Å². The first-order valence-corrected chi connectivity index (χ1v) is 188. The van der Waals surface area contributed by atoms with Crippen molar-refractivity contribution in [3.8, 4) is 0 Å². The Bertz CT molecular complexity index is 1500. The smallest absolute Gasteiger partial charge is 0.000000891 e. The van der Waals surface area contributed by atoms with E-state index in [1.54, 1.807) is 0 Å². The van der Waals surface area contributed by atoms with Gasteiger partial charge < -0.3 is 0 Å². The Labute approximate surface area is 722 Å². The van der Waals surface area contributed by atoms with E-state index in [1.165, 1.54) is 0 Å². The molecule has 0 rings (SSSR count). The summed E-state index contributed by atoms with van der Waals surface area (Å²) >= 11 is 0. The van der Waals surface area contributed by atoms with E-state index in [2.05, 4.69) is 402 Å². The van der Waals surface area contributed by atoms with Gasteiger partial charge in [0.15, 0.2) is 0 Å². The first kappa shape index (κ1) is 132. The molecular formula is H92P92. The second-order valence-corrected chi connectivity index (χ2v) is 395. The lowest BCUT2D eigenvalue weighted by atomic mass is 28.3. The molecule has 0 amide bonds. The van der Waals surface area contributed by atoms with Gasteiger partial charge in [-0.05, 0) is 314 Å². The molecule has 0 saturated carbocycles. The molecule has 0 N–H and O–H groups in total. The highest BCUT2D eigenvalue weighted by Crippen LogP contribution is 3.54. The second kappa shape index (κ2) is 71.9. The molecule has 2 radical (unpaired) electrons. The van der Waals surface area contributed by atoms with Crippen LogP contribution in [-0.4, -0.2) is 0 Å². The van der Waals surface area contributed by atoms with E-state index in [0.29, 0.717) is 0 Å².